The molecule has 0 amide bonds. The monoisotopic (exact) mass is 166 g/mol. The van der Waals surface area contributed by atoms with Gasteiger partial charge < -0.3 is 0 Å². The van der Waals surface area contributed by atoms with Crippen molar-refractivity contribution in [1.29, 1.82) is 0 Å². The van der Waals surface area contributed by atoms with E-state index < -0.39 is 0 Å². The Balaban J connectivity index is 2.73. The summed E-state index contributed by atoms with van der Waals surface area (Å²) in [5.74, 6) is 1.65. The number of halogens is 1. The van der Waals surface area contributed by atoms with Crippen LogP contribution < -0.4 is 0 Å². The Bertz CT molecular complexity index is 273. The van der Waals surface area contributed by atoms with Crippen molar-refractivity contribution in [1.82, 2.24) is 0 Å². The lowest BCUT2D eigenvalue weighted by atomic mass is 10.1. The van der Waals surface area contributed by atoms with Crippen molar-refractivity contribution in [2.45, 2.75) is 6.42 Å². The topological polar surface area (TPSA) is 17.1 Å². The number of hydrogen-bond acceptors (Lipinski definition) is 1. The van der Waals surface area contributed by atoms with Gasteiger partial charge in [-0.25, -0.2) is 4.79 Å². The lowest BCUT2D eigenvalue weighted by Gasteiger charge is -1.94. The molecule has 2 heteroatoms. The van der Waals surface area contributed by atoms with Crippen LogP contribution >= 0.6 is 11.6 Å². The second-order valence-electron chi connectivity index (χ2n) is 2.17. The van der Waals surface area contributed by atoms with E-state index in [0.29, 0.717) is 6.42 Å². The van der Waals surface area contributed by atoms with E-state index in [2.05, 4.69) is 0 Å². The molecule has 1 aromatic rings. The molecule has 0 aliphatic heterocycles. The third-order valence-corrected chi connectivity index (χ3v) is 1.52. The van der Waals surface area contributed by atoms with Crippen LogP contribution in [-0.2, 0) is 11.2 Å². The van der Waals surface area contributed by atoms with E-state index in [1.807, 2.05) is 30.3 Å². The molecule has 1 nitrogen and oxygen atoms in total. The van der Waals surface area contributed by atoms with Crippen molar-refractivity contribution in [3.63, 3.8) is 0 Å². The number of rotatable bonds is 2. The molecule has 0 heterocycles. The molecular weight excluding hydrogens is 160 g/mol. The molecule has 0 aliphatic rings. The van der Waals surface area contributed by atoms with Crippen molar-refractivity contribution in [3.8, 4) is 0 Å². The predicted octanol–water partition coefficient (Wildman–Crippen LogP) is 2.18. The molecule has 1 rings (SSSR count). The van der Waals surface area contributed by atoms with Gasteiger partial charge in [0.1, 0.15) is 11.0 Å². The highest BCUT2D eigenvalue weighted by atomic mass is 35.5. The average molecular weight is 167 g/mol. The molecular formula is C9H7ClO. The summed E-state index contributed by atoms with van der Waals surface area (Å²) in [6.45, 7) is 0. The zero-order chi connectivity index (χ0) is 8.10. The number of hydrogen-bond donors (Lipinski definition) is 0. The normalized spacial score (nSPS) is 8.82. The fourth-order valence-electron chi connectivity index (χ4n) is 0.811. The number of carbonyl (C=O) groups excluding carboxylic acids is 1. The minimum absolute atomic E-state index is 0.219. The van der Waals surface area contributed by atoms with Gasteiger partial charge in [-0.15, -0.1) is 0 Å². The smallest absolute Gasteiger partial charge is 0.140 e. The molecule has 0 saturated heterocycles. The van der Waals surface area contributed by atoms with E-state index in [1.165, 1.54) is 0 Å². The molecule has 0 aliphatic carbocycles. The molecule has 0 radical (unpaired) electrons. The van der Waals surface area contributed by atoms with E-state index in [0.717, 1.165) is 5.56 Å². The van der Waals surface area contributed by atoms with Crippen LogP contribution in [0.1, 0.15) is 5.56 Å². The largest absolute Gasteiger partial charge is 0.232 e. The summed E-state index contributed by atoms with van der Waals surface area (Å²) < 4.78 is 0. The highest BCUT2D eigenvalue weighted by molar-refractivity contribution is 6.33. The molecule has 56 valence electrons. The quantitative estimate of drug-likeness (QED) is 0.616. The van der Waals surface area contributed by atoms with Crippen molar-refractivity contribution >= 4 is 17.5 Å². The zero-order valence-corrected chi connectivity index (χ0v) is 6.64. The van der Waals surface area contributed by atoms with Crippen LogP contribution in [0.2, 0.25) is 0 Å². The first-order valence-electron chi connectivity index (χ1n) is 3.26. The Labute approximate surface area is 70.3 Å². The van der Waals surface area contributed by atoms with Crippen molar-refractivity contribution in [2.75, 3.05) is 0 Å². The van der Waals surface area contributed by atoms with Crippen LogP contribution in [0, 0.1) is 0 Å². The van der Waals surface area contributed by atoms with Gasteiger partial charge in [-0.3, -0.25) is 0 Å². The number of allylic oxidation sites excluding steroid dienone is 1. The van der Waals surface area contributed by atoms with E-state index in [-0.39, 0.29) is 5.03 Å². The van der Waals surface area contributed by atoms with Gasteiger partial charge in [0.25, 0.3) is 0 Å². The minimum Gasteiger partial charge on any atom is -0.232 e. The summed E-state index contributed by atoms with van der Waals surface area (Å²) in [4.78, 5) is 10.0. The molecule has 0 fully saturated rings. The Morgan fingerprint density at radius 1 is 1.36 bits per heavy atom. The molecule has 0 atom stereocenters. The lowest BCUT2D eigenvalue weighted by molar-refractivity contribution is 0.568. The fraction of sp³-hybridized carbons (Fsp3) is 0.111. The van der Waals surface area contributed by atoms with E-state index in [9.17, 15) is 4.79 Å². The van der Waals surface area contributed by atoms with E-state index in [1.54, 1.807) is 5.94 Å². The van der Waals surface area contributed by atoms with Crippen molar-refractivity contribution < 1.29 is 4.79 Å². The summed E-state index contributed by atoms with van der Waals surface area (Å²) in [7, 11) is 0. The molecule has 11 heavy (non-hydrogen) atoms. The summed E-state index contributed by atoms with van der Waals surface area (Å²) in [5, 5.41) is 0.219. The molecule has 0 N–H and O–H groups in total. The lowest BCUT2D eigenvalue weighted by Crippen LogP contribution is -1.83. The van der Waals surface area contributed by atoms with E-state index in [4.69, 9.17) is 11.6 Å². The maximum Gasteiger partial charge on any atom is 0.140 e. The van der Waals surface area contributed by atoms with Gasteiger partial charge in [0.15, 0.2) is 0 Å². The van der Waals surface area contributed by atoms with E-state index >= 15 is 0 Å². The Morgan fingerprint density at radius 3 is 2.55 bits per heavy atom. The second-order valence-corrected chi connectivity index (χ2v) is 2.63. The van der Waals surface area contributed by atoms with Crippen LogP contribution in [0.3, 0.4) is 0 Å². The van der Waals surface area contributed by atoms with Crippen LogP contribution in [0.25, 0.3) is 0 Å². The number of benzene rings is 1. The summed E-state index contributed by atoms with van der Waals surface area (Å²) in [6.07, 6.45) is 0.478. The minimum atomic E-state index is 0.219. The van der Waals surface area contributed by atoms with Gasteiger partial charge in [-0.2, -0.15) is 0 Å². The van der Waals surface area contributed by atoms with Crippen LogP contribution in [0.5, 0.6) is 0 Å². The maximum atomic E-state index is 10.0. The first-order chi connectivity index (χ1) is 5.33. The first kappa shape index (κ1) is 8.06. The van der Waals surface area contributed by atoms with Gasteiger partial charge in [-0.1, -0.05) is 41.9 Å². The Hall–Kier alpha value is -1.04. The fourth-order valence-corrected chi connectivity index (χ4v) is 0.965. The summed E-state index contributed by atoms with van der Waals surface area (Å²) >= 11 is 5.49. The molecule has 0 aromatic heterocycles. The van der Waals surface area contributed by atoms with Crippen molar-refractivity contribution in [3.05, 3.63) is 40.9 Å². The zero-order valence-electron chi connectivity index (χ0n) is 5.88. The Kier molecular flexibility index (Phi) is 2.91. The predicted molar refractivity (Wildman–Crippen MR) is 45.2 cm³/mol. The van der Waals surface area contributed by atoms with Gasteiger partial charge in [-0.05, 0) is 5.56 Å². The first-order valence-corrected chi connectivity index (χ1v) is 3.64. The molecule has 1 aromatic carbocycles. The van der Waals surface area contributed by atoms with Gasteiger partial charge >= 0.3 is 0 Å². The van der Waals surface area contributed by atoms with Crippen LogP contribution in [-0.4, -0.2) is 5.94 Å². The van der Waals surface area contributed by atoms with Crippen LogP contribution in [0.4, 0.5) is 0 Å². The summed E-state index contributed by atoms with van der Waals surface area (Å²) in [6, 6.07) is 9.57. The highest BCUT2D eigenvalue weighted by Gasteiger charge is 1.94. The maximum absolute atomic E-state index is 10.0. The standard InChI is InChI=1S/C9H7ClO/c10-9(7-11)6-8-4-2-1-3-5-8/h1-5H,6H2. The molecule has 0 unspecified atom stereocenters. The SMILES string of the molecule is O=C=C(Cl)Cc1ccccc1. The van der Waals surface area contributed by atoms with Gasteiger partial charge in [0.05, 0.1) is 0 Å². The highest BCUT2D eigenvalue weighted by Crippen LogP contribution is 2.07. The van der Waals surface area contributed by atoms with Gasteiger partial charge in [0.2, 0.25) is 0 Å². The Morgan fingerprint density at radius 2 is 2.00 bits per heavy atom. The third-order valence-electron chi connectivity index (χ3n) is 1.31. The molecule has 0 saturated carbocycles. The van der Waals surface area contributed by atoms with Crippen molar-refractivity contribution in [2.24, 2.45) is 0 Å². The molecule has 0 bridgehead atoms. The van der Waals surface area contributed by atoms with Gasteiger partial charge in [0, 0.05) is 6.42 Å². The second kappa shape index (κ2) is 3.97. The molecule has 0 spiro atoms. The van der Waals surface area contributed by atoms with Crippen LogP contribution in [0.15, 0.2) is 35.4 Å². The summed E-state index contributed by atoms with van der Waals surface area (Å²) in [5.41, 5.74) is 1.03. The average Bonchev–Trinajstić information content (AvgIpc) is 2.06. The third kappa shape index (κ3) is 2.58.